The standard InChI is InChI=1S/C20H32Si/c1-14-15(2)17(4)18(16(14)3)21-20(13-19(5,6)7)11-9-8-10-12-20/h8-11,18H,12-13,21H2,1-7H3. The molecule has 0 amide bonds. The van der Waals surface area contributed by atoms with Crippen molar-refractivity contribution in [2.24, 2.45) is 5.41 Å². The van der Waals surface area contributed by atoms with Crippen LogP contribution in [-0.4, -0.2) is 9.52 Å². The van der Waals surface area contributed by atoms with Gasteiger partial charge in [-0.1, -0.05) is 56.2 Å². The van der Waals surface area contributed by atoms with Gasteiger partial charge >= 0.3 is 0 Å². The van der Waals surface area contributed by atoms with Gasteiger partial charge in [-0.15, -0.1) is 0 Å². The summed E-state index contributed by atoms with van der Waals surface area (Å²) in [5, 5.41) is 0.463. The van der Waals surface area contributed by atoms with Crippen molar-refractivity contribution in [3.05, 3.63) is 46.6 Å². The van der Waals surface area contributed by atoms with E-state index in [-0.39, 0.29) is 9.52 Å². The van der Waals surface area contributed by atoms with Crippen molar-refractivity contribution >= 4 is 9.52 Å². The first-order valence-electron chi connectivity index (χ1n) is 8.35. The van der Waals surface area contributed by atoms with Gasteiger partial charge in [0, 0.05) is 9.52 Å². The maximum atomic E-state index is 2.55. The fourth-order valence-electron chi connectivity index (χ4n) is 4.27. The van der Waals surface area contributed by atoms with E-state index in [0.717, 1.165) is 5.54 Å². The molecule has 2 aliphatic carbocycles. The van der Waals surface area contributed by atoms with Crippen molar-refractivity contribution in [1.82, 2.24) is 0 Å². The highest BCUT2D eigenvalue weighted by atomic mass is 28.2. The smallest absolute Gasteiger partial charge is 0.0454 e. The number of hydrogen-bond donors (Lipinski definition) is 0. The lowest BCUT2D eigenvalue weighted by atomic mass is 9.81. The summed E-state index contributed by atoms with van der Waals surface area (Å²) in [6.07, 6.45) is 12.0. The molecule has 0 radical (unpaired) electrons. The molecule has 1 heteroatoms. The molecule has 0 nitrogen and oxygen atoms in total. The molecule has 1 unspecified atom stereocenters. The van der Waals surface area contributed by atoms with Gasteiger partial charge in [0.2, 0.25) is 0 Å². The lowest BCUT2D eigenvalue weighted by Crippen LogP contribution is -2.28. The van der Waals surface area contributed by atoms with Gasteiger partial charge < -0.3 is 0 Å². The Hall–Kier alpha value is -0.823. The minimum Gasteiger partial charge on any atom is -0.0840 e. The molecule has 0 saturated heterocycles. The molecular weight excluding hydrogens is 268 g/mol. The highest BCUT2D eigenvalue weighted by Crippen LogP contribution is 2.51. The first-order valence-corrected chi connectivity index (χ1v) is 9.87. The van der Waals surface area contributed by atoms with E-state index in [9.17, 15) is 0 Å². The first kappa shape index (κ1) is 16.5. The van der Waals surface area contributed by atoms with E-state index in [1.807, 2.05) is 0 Å². The van der Waals surface area contributed by atoms with Gasteiger partial charge in [0.05, 0.1) is 0 Å². The Morgan fingerprint density at radius 3 is 2.05 bits per heavy atom. The molecule has 2 rings (SSSR count). The molecular formula is C20H32Si. The lowest BCUT2D eigenvalue weighted by molar-refractivity contribution is 0.332. The molecule has 1 atom stereocenters. The van der Waals surface area contributed by atoms with E-state index in [1.165, 1.54) is 12.8 Å². The normalized spacial score (nSPS) is 27.8. The molecule has 0 bridgehead atoms. The predicted octanol–water partition coefficient (Wildman–Crippen LogP) is 5.74. The maximum absolute atomic E-state index is 2.55. The van der Waals surface area contributed by atoms with Crippen LogP contribution >= 0.6 is 0 Å². The third-order valence-electron chi connectivity index (χ3n) is 5.51. The Morgan fingerprint density at radius 1 is 1.05 bits per heavy atom. The van der Waals surface area contributed by atoms with Gasteiger partial charge in [-0.3, -0.25) is 0 Å². The molecule has 0 aromatic heterocycles. The average molecular weight is 301 g/mol. The van der Waals surface area contributed by atoms with E-state index < -0.39 is 0 Å². The highest BCUT2D eigenvalue weighted by Gasteiger charge is 2.37. The quantitative estimate of drug-likeness (QED) is 0.583. The molecule has 0 aromatic rings. The molecule has 0 heterocycles. The van der Waals surface area contributed by atoms with Crippen molar-refractivity contribution in [1.29, 1.82) is 0 Å². The van der Waals surface area contributed by atoms with E-state index in [2.05, 4.69) is 72.8 Å². The van der Waals surface area contributed by atoms with Gasteiger partial charge in [0.1, 0.15) is 0 Å². The summed E-state index contributed by atoms with van der Waals surface area (Å²) < 4.78 is 0. The molecule has 2 aliphatic rings. The Balaban J connectivity index is 2.29. The van der Waals surface area contributed by atoms with Gasteiger partial charge in [-0.05, 0) is 67.7 Å². The zero-order valence-electron chi connectivity index (χ0n) is 15.0. The van der Waals surface area contributed by atoms with Crippen LogP contribution in [0.15, 0.2) is 46.6 Å². The number of rotatable bonds is 3. The summed E-state index contributed by atoms with van der Waals surface area (Å²) in [6.45, 7) is 16.6. The van der Waals surface area contributed by atoms with Crippen molar-refractivity contribution < 1.29 is 0 Å². The molecule has 0 aromatic carbocycles. The fraction of sp³-hybridized carbons (Fsp3) is 0.600. The molecule has 21 heavy (non-hydrogen) atoms. The lowest BCUT2D eigenvalue weighted by Gasteiger charge is -2.39. The van der Waals surface area contributed by atoms with Crippen LogP contribution < -0.4 is 0 Å². The van der Waals surface area contributed by atoms with E-state index >= 15 is 0 Å². The van der Waals surface area contributed by atoms with Crippen LogP contribution in [0.4, 0.5) is 0 Å². The molecule has 0 spiro atoms. The second kappa shape index (κ2) is 5.76. The van der Waals surface area contributed by atoms with E-state index in [0.29, 0.717) is 10.5 Å². The van der Waals surface area contributed by atoms with E-state index in [4.69, 9.17) is 0 Å². The number of allylic oxidation sites excluding steroid dienone is 8. The Kier molecular flexibility index (Phi) is 4.54. The van der Waals surface area contributed by atoms with Crippen molar-refractivity contribution in [3.8, 4) is 0 Å². The molecule has 0 fully saturated rings. The van der Waals surface area contributed by atoms with Crippen LogP contribution in [0.25, 0.3) is 0 Å². The summed E-state index contributed by atoms with van der Waals surface area (Å²) in [6, 6.07) is 0. The zero-order valence-corrected chi connectivity index (χ0v) is 16.4. The second-order valence-corrected chi connectivity index (χ2v) is 11.1. The maximum Gasteiger partial charge on any atom is 0.0454 e. The monoisotopic (exact) mass is 300 g/mol. The fourth-order valence-corrected chi connectivity index (χ4v) is 7.81. The first-order chi connectivity index (χ1) is 9.65. The zero-order chi connectivity index (χ0) is 15.8. The molecule has 0 N–H and O–H groups in total. The van der Waals surface area contributed by atoms with Gasteiger partial charge in [-0.2, -0.15) is 0 Å². The largest absolute Gasteiger partial charge is 0.0840 e. The van der Waals surface area contributed by atoms with Crippen molar-refractivity contribution in [3.63, 3.8) is 0 Å². The van der Waals surface area contributed by atoms with Crippen LogP contribution in [0.1, 0.15) is 61.3 Å². The van der Waals surface area contributed by atoms with E-state index in [1.54, 1.807) is 22.3 Å². The van der Waals surface area contributed by atoms with Gasteiger partial charge in [-0.25, -0.2) is 0 Å². The summed E-state index contributed by atoms with van der Waals surface area (Å²) in [4.78, 5) is 0. The second-order valence-electron chi connectivity index (χ2n) is 8.46. The third kappa shape index (κ3) is 3.51. The van der Waals surface area contributed by atoms with Gasteiger partial charge in [0.15, 0.2) is 0 Å². The van der Waals surface area contributed by atoms with Crippen LogP contribution in [0.2, 0.25) is 10.6 Å². The van der Waals surface area contributed by atoms with Crippen LogP contribution in [0.5, 0.6) is 0 Å². The van der Waals surface area contributed by atoms with Crippen LogP contribution in [0, 0.1) is 5.41 Å². The summed E-state index contributed by atoms with van der Waals surface area (Å²) >= 11 is 0. The van der Waals surface area contributed by atoms with Crippen molar-refractivity contribution in [2.75, 3.05) is 0 Å². The molecule has 0 saturated carbocycles. The highest BCUT2D eigenvalue weighted by molar-refractivity contribution is 6.45. The summed E-state index contributed by atoms with van der Waals surface area (Å²) in [7, 11) is -0.257. The number of hydrogen-bond acceptors (Lipinski definition) is 0. The molecule has 0 aliphatic heterocycles. The van der Waals surface area contributed by atoms with Gasteiger partial charge in [0.25, 0.3) is 0 Å². The summed E-state index contributed by atoms with van der Waals surface area (Å²) in [5.41, 5.74) is 7.63. The third-order valence-corrected chi connectivity index (χ3v) is 8.73. The Bertz CT molecular complexity index is 513. The Morgan fingerprint density at radius 2 is 1.62 bits per heavy atom. The average Bonchev–Trinajstić information content (AvgIpc) is 2.56. The SMILES string of the molecule is CC1=C(C)C([SiH2]C2(CC(C)(C)C)C=CC=CC2)C(C)=C1C. The minimum atomic E-state index is -0.257. The van der Waals surface area contributed by atoms with Crippen LogP contribution in [-0.2, 0) is 0 Å². The molecule has 116 valence electrons. The Labute approximate surface area is 133 Å². The van der Waals surface area contributed by atoms with Crippen molar-refractivity contribution in [2.45, 2.75) is 71.9 Å². The predicted molar refractivity (Wildman–Crippen MR) is 98.7 cm³/mol. The van der Waals surface area contributed by atoms with Crippen LogP contribution in [0.3, 0.4) is 0 Å². The summed E-state index contributed by atoms with van der Waals surface area (Å²) in [5.74, 6) is 0. The topological polar surface area (TPSA) is 0 Å². The minimum absolute atomic E-state index is 0.257.